The zero-order valence-electron chi connectivity index (χ0n) is 15.5. The number of rotatable bonds is 7. The van der Waals surface area contributed by atoms with Crippen LogP contribution in [-0.4, -0.2) is 32.7 Å². The Labute approximate surface area is 161 Å². The van der Waals surface area contributed by atoms with Crippen LogP contribution in [0.25, 0.3) is 11.3 Å². The average Bonchev–Trinajstić information content (AvgIpc) is 2.69. The van der Waals surface area contributed by atoms with Gasteiger partial charge in [0.05, 0.1) is 24.0 Å². The first-order valence-electron chi connectivity index (χ1n) is 8.85. The van der Waals surface area contributed by atoms with Gasteiger partial charge in [-0.2, -0.15) is 4.98 Å². The quantitative estimate of drug-likeness (QED) is 0.570. The number of nitrogens with zero attached hydrogens (tertiary/aromatic N) is 3. The highest BCUT2D eigenvalue weighted by molar-refractivity contribution is 5.67. The summed E-state index contributed by atoms with van der Waals surface area (Å²) in [5.41, 5.74) is 1.25. The van der Waals surface area contributed by atoms with Crippen LogP contribution in [0.1, 0.15) is 13.8 Å². The van der Waals surface area contributed by atoms with Crippen LogP contribution in [0.15, 0.2) is 48.8 Å². The summed E-state index contributed by atoms with van der Waals surface area (Å²) in [5.74, 6) is -0.501. The minimum atomic E-state index is -0.604. The van der Waals surface area contributed by atoms with E-state index in [4.69, 9.17) is 0 Å². The number of aliphatic hydroxyl groups excluding tert-OH is 1. The van der Waals surface area contributed by atoms with E-state index >= 15 is 0 Å². The molecule has 0 bridgehead atoms. The smallest absolute Gasteiger partial charge is 0.225 e. The normalized spacial score (nSPS) is 12.1. The van der Waals surface area contributed by atoms with Crippen LogP contribution in [0.2, 0.25) is 0 Å². The Hall–Kier alpha value is -3.13. The third kappa shape index (κ3) is 4.77. The molecule has 0 saturated carbocycles. The third-order valence-corrected chi connectivity index (χ3v) is 4.19. The number of pyridine rings is 1. The molecule has 2 aromatic heterocycles. The summed E-state index contributed by atoms with van der Waals surface area (Å²) in [6, 6.07) is 8.10. The summed E-state index contributed by atoms with van der Waals surface area (Å²) in [4.78, 5) is 12.9. The number of halogens is 2. The second-order valence-electron chi connectivity index (χ2n) is 6.63. The lowest BCUT2D eigenvalue weighted by Crippen LogP contribution is -2.30. The fourth-order valence-corrected chi connectivity index (χ4v) is 2.56. The molecule has 1 aromatic carbocycles. The van der Waals surface area contributed by atoms with Crippen molar-refractivity contribution in [3.05, 3.63) is 60.4 Å². The van der Waals surface area contributed by atoms with Crippen LogP contribution >= 0.6 is 0 Å². The molecule has 8 heteroatoms. The van der Waals surface area contributed by atoms with Gasteiger partial charge in [0.1, 0.15) is 17.5 Å². The maximum absolute atomic E-state index is 14.0. The van der Waals surface area contributed by atoms with E-state index in [1.807, 2.05) is 19.9 Å². The Morgan fingerprint density at radius 2 is 1.93 bits per heavy atom. The van der Waals surface area contributed by atoms with Crippen molar-refractivity contribution in [2.45, 2.75) is 19.9 Å². The third-order valence-electron chi connectivity index (χ3n) is 4.19. The molecule has 1 atom stereocenters. The molecule has 146 valence electrons. The van der Waals surface area contributed by atoms with E-state index in [1.54, 1.807) is 24.5 Å². The van der Waals surface area contributed by atoms with Gasteiger partial charge in [-0.3, -0.25) is 4.98 Å². The highest BCUT2D eigenvalue weighted by Gasteiger charge is 2.16. The highest BCUT2D eigenvalue weighted by Crippen LogP contribution is 2.25. The number of aliphatic hydroxyl groups is 1. The van der Waals surface area contributed by atoms with Gasteiger partial charge in [0.2, 0.25) is 5.95 Å². The zero-order chi connectivity index (χ0) is 20.1. The molecule has 3 aromatic rings. The van der Waals surface area contributed by atoms with E-state index in [0.717, 1.165) is 23.8 Å². The van der Waals surface area contributed by atoms with Crippen LogP contribution in [0, 0.1) is 17.6 Å². The summed E-state index contributed by atoms with van der Waals surface area (Å²) in [6.45, 7) is 3.82. The maximum Gasteiger partial charge on any atom is 0.225 e. The van der Waals surface area contributed by atoms with Gasteiger partial charge in [-0.25, -0.2) is 13.8 Å². The molecule has 0 aliphatic rings. The molecule has 3 N–H and O–H groups in total. The summed E-state index contributed by atoms with van der Waals surface area (Å²) in [5, 5.41) is 15.5. The van der Waals surface area contributed by atoms with Gasteiger partial charge in [0.15, 0.2) is 0 Å². The molecule has 0 amide bonds. The lowest BCUT2D eigenvalue weighted by atomic mass is 10.1. The molecule has 0 spiro atoms. The summed E-state index contributed by atoms with van der Waals surface area (Å²) < 4.78 is 27.5. The number of hydrogen-bond donors (Lipinski definition) is 3. The first-order valence-corrected chi connectivity index (χ1v) is 8.85. The summed E-state index contributed by atoms with van der Waals surface area (Å²) in [7, 11) is 0. The van der Waals surface area contributed by atoms with Gasteiger partial charge in [-0.1, -0.05) is 13.8 Å². The van der Waals surface area contributed by atoms with Gasteiger partial charge in [0.25, 0.3) is 0 Å². The SMILES string of the molecule is CC(C)[C@H](CO)Nc1nc(Nc2cc(F)ccc2F)cc(-c2cccnc2)n1. The topological polar surface area (TPSA) is 83.0 Å². The minimum absolute atomic E-state index is 0.0376. The molecule has 0 aliphatic heterocycles. The number of nitrogens with one attached hydrogen (secondary N) is 2. The van der Waals surface area contributed by atoms with E-state index in [-0.39, 0.29) is 36.0 Å². The van der Waals surface area contributed by atoms with E-state index in [2.05, 4.69) is 25.6 Å². The van der Waals surface area contributed by atoms with Gasteiger partial charge >= 0.3 is 0 Å². The molecule has 2 heterocycles. The molecule has 0 radical (unpaired) electrons. The molecule has 28 heavy (non-hydrogen) atoms. The second-order valence-corrected chi connectivity index (χ2v) is 6.63. The van der Waals surface area contributed by atoms with Crippen LogP contribution in [0.3, 0.4) is 0 Å². The fraction of sp³-hybridized carbons (Fsp3) is 0.250. The molecule has 3 rings (SSSR count). The van der Waals surface area contributed by atoms with Gasteiger partial charge < -0.3 is 15.7 Å². The average molecular weight is 385 g/mol. The predicted molar refractivity (Wildman–Crippen MR) is 104 cm³/mol. The Bertz CT molecular complexity index is 937. The molecule has 6 nitrogen and oxygen atoms in total. The monoisotopic (exact) mass is 385 g/mol. The van der Waals surface area contributed by atoms with Gasteiger partial charge in [-0.15, -0.1) is 0 Å². The van der Waals surface area contributed by atoms with Crippen molar-refractivity contribution >= 4 is 17.5 Å². The van der Waals surface area contributed by atoms with Crippen molar-refractivity contribution < 1.29 is 13.9 Å². The first-order chi connectivity index (χ1) is 13.5. The minimum Gasteiger partial charge on any atom is -0.394 e. The predicted octanol–water partition coefficient (Wildman–Crippen LogP) is 3.99. The molecule has 0 unspecified atom stereocenters. The Kier molecular flexibility index (Phi) is 6.10. The van der Waals surface area contributed by atoms with E-state index in [9.17, 15) is 13.9 Å². The molecule has 0 saturated heterocycles. The largest absolute Gasteiger partial charge is 0.394 e. The molecular weight excluding hydrogens is 364 g/mol. The Balaban J connectivity index is 2.00. The van der Waals surface area contributed by atoms with Gasteiger partial charge in [-0.05, 0) is 30.2 Å². The number of hydrogen-bond acceptors (Lipinski definition) is 6. The Morgan fingerprint density at radius 3 is 2.61 bits per heavy atom. The summed E-state index contributed by atoms with van der Waals surface area (Å²) in [6.07, 6.45) is 3.29. The lowest BCUT2D eigenvalue weighted by Gasteiger charge is -2.20. The maximum atomic E-state index is 14.0. The molecule has 0 fully saturated rings. The molecule has 0 aliphatic carbocycles. The van der Waals surface area contributed by atoms with Crippen LogP contribution in [0.5, 0.6) is 0 Å². The lowest BCUT2D eigenvalue weighted by molar-refractivity contribution is 0.248. The van der Waals surface area contributed by atoms with Crippen molar-refractivity contribution in [2.75, 3.05) is 17.2 Å². The van der Waals surface area contributed by atoms with Crippen molar-refractivity contribution in [3.8, 4) is 11.3 Å². The number of benzene rings is 1. The van der Waals surface area contributed by atoms with E-state index in [0.29, 0.717) is 5.69 Å². The standard InChI is InChI=1S/C20H21F2N5O/c1-12(2)18(11-28)26-20-25-16(13-4-3-7-23-10-13)9-19(27-20)24-17-8-14(21)5-6-15(17)22/h3-10,12,18,28H,11H2,1-2H3,(H2,24,25,26,27)/t18-/m0/s1. The second kappa shape index (κ2) is 8.71. The number of aromatic nitrogens is 3. The van der Waals surface area contributed by atoms with Crippen molar-refractivity contribution in [1.82, 2.24) is 15.0 Å². The van der Waals surface area contributed by atoms with Crippen molar-refractivity contribution in [2.24, 2.45) is 5.92 Å². The van der Waals surface area contributed by atoms with E-state index < -0.39 is 11.6 Å². The molecular formula is C20H21F2N5O. The highest BCUT2D eigenvalue weighted by atomic mass is 19.1. The zero-order valence-corrected chi connectivity index (χ0v) is 15.5. The van der Waals surface area contributed by atoms with E-state index in [1.165, 1.54) is 0 Å². The van der Waals surface area contributed by atoms with Crippen LogP contribution in [0.4, 0.5) is 26.2 Å². The van der Waals surface area contributed by atoms with Gasteiger partial charge in [0, 0.05) is 30.1 Å². The van der Waals surface area contributed by atoms with Crippen molar-refractivity contribution in [3.63, 3.8) is 0 Å². The Morgan fingerprint density at radius 1 is 1.11 bits per heavy atom. The van der Waals surface area contributed by atoms with Crippen molar-refractivity contribution in [1.29, 1.82) is 0 Å². The van der Waals surface area contributed by atoms with Crippen LogP contribution in [-0.2, 0) is 0 Å². The first kappa shape index (κ1) is 19.6. The fourth-order valence-electron chi connectivity index (χ4n) is 2.56. The summed E-state index contributed by atoms with van der Waals surface area (Å²) >= 11 is 0. The number of anilines is 3. The van der Waals surface area contributed by atoms with Crippen LogP contribution < -0.4 is 10.6 Å².